The second-order valence-corrected chi connectivity index (χ2v) is 7.60. The smallest absolute Gasteiger partial charge is 0.231 e. The number of nitrogens with one attached hydrogen (secondary N) is 1. The van der Waals surface area contributed by atoms with E-state index < -0.39 is 5.92 Å². The molecule has 1 aromatic heterocycles. The van der Waals surface area contributed by atoms with E-state index in [1.54, 1.807) is 17.0 Å². The summed E-state index contributed by atoms with van der Waals surface area (Å²) in [6, 6.07) is 15.5. The monoisotopic (exact) mass is 396 g/mol. The average molecular weight is 396 g/mol. The van der Waals surface area contributed by atoms with E-state index >= 15 is 0 Å². The molecule has 0 spiro atoms. The summed E-state index contributed by atoms with van der Waals surface area (Å²) < 4.78 is 13.0. The number of anilines is 2. The van der Waals surface area contributed by atoms with Gasteiger partial charge in [0.25, 0.3) is 0 Å². The van der Waals surface area contributed by atoms with E-state index in [4.69, 9.17) is 0 Å². The Labute approximate surface area is 165 Å². The number of carbonyl (C=O) groups is 2. The summed E-state index contributed by atoms with van der Waals surface area (Å²) in [6.07, 6.45) is 0.680. The molecule has 2 heterocycles. The van der Waals surface area contributed by atoms with Gasteiger partial charge in [-0.1, -0.05) is 41.7 Å². The Bertz CT molecular complexity index is 991. The van der Waals surface area contributed by atoms with E-state index in [0.717, 1.165) is 16.3 Å². The number of rotatable bonds is 5. The molecule has 0 bridgehead atoms. The van der Waals surface area contributed by atoms with Crippen LogP contribution >= 0.6 is 11.3 Å². The van der Waals surface area contributed by atoms with Gasteiger partial charge in [0.1, 0.15) is 10.8 Å². The molecule has 1 atom stereocenters. The molecule has 3 aromatic rings. The summed E-state index contributed by atoms with van der Waals surface area (Å²) in [5.41, 5.74) is 1.70. The molecule has 0 radical (unpaired) electrons. The van der Waals surface area contributed by atoms with E-state index in [1.165, 1.54) is 23.5 Å². The van der Waals surface area contributed by atoms with Crippen molar-refractivity contribution < 1.29 is 14.0 Å². The van der Waals surface area contributed by atoms with Crippen LogP contribution in [0.3, 0.4) is 0 Å². The number of carbonyl (C=O) groups excluding carboxylic acids is 2. The predicted octanol–water partition coefficient (Wildman–Crippen LogP) is 3.26. The number of nitrogens with zero attached hydrogens (tertiary/aromatic N) is 3. The lowest BCUT2D eigenvalue weighted by Crippen LogP contribution is -2.28. The highest BCUT2D eigenvalue weighted by atomic mass is 32.1. The third-order valence-electron chi connectivity index (χ3n) is 4.53. The number of hydrogen-bond acceptors (Lipinski definition) is 5. The van der Waals surface area contributed by atoms with E-state index in [9.17, 15) is 14.0 Å². The third-order valence-corrected chi connectivity index (χ3v) is 5.37. The van der Waals surface area contributed by atoms with Crippen molar-refractivity contribution >= 4 is 34.0 Å². The van der Waals surface area contributed by atoms with Crippen LogP contribution in [0, 0.1) is 11.7 Å². The Morgan fingerprint density at radius 3 is 2.64 bits per heavy atom. The van der Waals surface area contributed by atoms with Crippen LogP contribution in [0.15, 0.2) is 54.6 Å². The van der Waals surface area contributed by atoms with Crippen molar-refractivity contribution in [1.82, 2.24) is 10.2 Å². The Morgan fingerprint density at radius 1 is 1.14 bits per heavy atom. The molecule has 142 valence electrons. The number of aromatic nitrogens is 2. The number of benzene rings is 2. The zero-order valence-electron chi connectivity index (χ0n) is 14.8. The third kappa shape index (κ3) is 4.07. The Kier molecular flexibility index (Phi) is 5.12. The SMILES string of the molecule is O=C(Nc1nnc(Cc2ccc(F)cc2)s1)[C@@H]1CC(=O)N(c2ccccc2)C1. The zero-order valence-corrected chi connectivity index (χ0v) is 15.7. The van der Waals surface area contributed by atoms with Gasteiger partial charge in [0.2, 0.25) is 16.9 Å². The van der Waals surface area contributed by atoms with Gasteiger partial charge >= 0.3 is 0 Å². The van der Waals surface area contributed by atoms with E-state index in [0.29, 0.717) is 18.1 Å². The number of para-hydroxylation sites is 1. The van der Waals surface area contributed by atoms with Crippen molar-refractivity contribution in [2.75, 3.05) is 16.8 Å². The fourth-order valence-corrected chi connectivity index (χ4v) is 3.88. The highest BCUT2D eigenvalue weighted by Crippen LogP contribution is 2.26. The minimum atomic E-state index is -0.433. The number of amides is 2. The summed E-state index contributed by atoms with van der Waals surface area (Å²) in [4.78, 5) is 26.4. The van der Waals surface area contributed by atoms with Crippen molar-refractivity contribution in [3.05, 3.63) is 71.0 Å². The van der Waals surface area contributed by atoms with Crippen LogP contribution in [0.25, 0.3) is 0 Å². The van der Waals surface area contributed by atoms with E-state index in [-0.39, 0.29) is 24.1 Å². The quantitative estimate of drug-likeness (QED) is 0.718. The lowest BCUT2D eigenvalue weighted by Gasteiger charge is -2.16. The molecule has 4 rings (SSSR count). The summed E-state index contributed by atoms with van der Waals surface area (Å²) in [7, 11) is 0. The molecule has 0 unspecified atom stereocenters. The highest BCUT2D eigenvalue weighted by molar-refractivity contribution is 7.15. The van der Waals surface area contributed by atoms with Crippen LogP contribution in [0.4, 0.5) is 15.2 Å². The van der Waals surface area contributed by atoms with Crippen molar-refractivity contribution in [2.24, 2.45) is 5.92 Å². The van der Waals surface area contributed by atoms with Crippen molar-refractivity contribution in [2.45, 2.75) is 12.8 Å². The second-order valence-electron chi connectivity index (χ2n) is 6.53. The lowest BCUT2D eigenvalue weighted by molar-refractivity contribution is -0.122. The maximum absolute atomic E-state index is 13.0. The lowest BCUT2D eigenvalue weighted by atomic mass is 10.1. The molecule has 1 aliphatic rings. The van der Waals surface area contributed by atoms with Crippen LogP contribution in [0.2, 0.25) is 0 Å². The summed E-state index contributed by atoms with van der Waals surface area (Å²) >= 11 is 1.27. The molecular formula is C20H17FN4O2S. The first-order valence-corrected chi connectivity index (χ1v) is 9.63. The largest absolute Gasteiger partial charge is 0.312 e. The zero-order chi connectivity index (χ0) is 19.5. The first-order valence-electron chi connectivity index (χ1n) is 8.81. The van der Waals surface area contributed by atoms with Gasteiger partial charge in [0.15, 0.2) is 0 Å². The second kappa shape index (κ2) is 7.85. The summed E-state index contributed by atoms with van der Waals surface area (Å²) in [6.45, 7) is 0.343. The molecule has 6 nitrogen and oxygen atoms in total. The minimum Gasteiger partial charge on any atom is -0.312 e. The van der Waals surface area contributed by atoms with Crippen LogP contribution in [-0.4, -0.2) is 28.6 Å². The highest BCUT2D eigenvalue weighted by Gasteiger charge is 2.35. The standard InChI is InChI=1S/C20H17FN4O2S/c21-15-8-6-13(7-9-15)10-17-23-24-20(28-17)22-19(27)14-11-18(26)25(12-14)16-4-2-1-3-5-16/h1-9,14H,10-12H2,(H,22,24,27)/t14-/m1/s1. The van der Waals surface area contributed by atoms with Gasteiger partial charge in [-0.2, -0.15) is 0 Å². The molecule has 2 aromatic carbocycles. The Balaban J connectivity index is 1.37. The summed E-state index contributed by atoms with van der Waals surface area (Å²) in [5, 5.41) is 11.9. The number of hydrogen-bond donors (Lipinski definition) is 1. The molecule has 0 aliphatic carbocycles. The molecule has 2 amide bonds. The Morgan fingerprint density at radius 2 is 1.89 bits per heavy atom. The Hall–Kier alpha value is -3.13. The summed E-state index contributed by atoms with van der Waals surface area (Å²) in [5.74, 6) is -1.03. The molecule has 1 N–H and O–H groups in total. The topological polar surface area (TPSA) is 75.2 Å². The van der Waals surface area contributed by atoms with Crippen LogP contribution in [-0.2, 0) is 16.0 Å². The molecule has 0 saturated carbocycles. The van der Waals surface area contributed by atoms with Crippen LogP contribution in [0.5, 0.6) is 0 Å². The molecule has 28 heavy (non-hydrogen) atoms. The van der Waals surface area contributed by atoms with Gasteiger partial charge in [0.05, 0.1) is 5.92 Å². The van der Waals surface area contributed by atoms with Crippen molar-refractivity contribution in [1.29, 1.82) is 0 Å². The minimum absolute atomic E-state index is 0.0689. The molecular weight excluding hydrogens is 379 g/mol. The fourth-order valence-electron chi connectivity index (χ4n) is 3.10. The van der Waals surface area contributed by atoms with Crippen LogP contribution < -0.4 is 10.2 Å². The van der Waals surface area contributed by atoms with Crippen LogP contribution in [0.1, 0.15) is 17.0 Å². The van der Waals surface area contributed by atoms with Gasteiger partial charge < -0.3 is 10.2 Å². The normalized spacial score (nSPS) is 16.4. The van der Waals surface area contributed by atoms with Crippen molar-refractivity contribution in [3.63, 3.8) is 0 Å². The van der Waals surface area contributed by atoms with Gasteiger partial charge in [0, 0.05) is 25.1 Å². The molecule has 8 heteroatoms. The maximum Gasteiger partial charge on any atom is 0.231 e. The molecule has 1 aliphatic heterocycles. The maximum atomic E-state index is 13.0. The van der Waals surface area contributed by atoms with Gasteiger partial charge in [-0.05, 0) is 29.8 Å². The van der Waals surface area contributed by atoms with Gasteiger partial charge in [-0.15, -0.1) is 10.2 Å². The first-order chi connectivity index (χ1) is 13.6. The van der Waals surface area contributed by atoms with Crippen molar-refractivity contribution in [3.8, 4) is 0 Å². The average Bonchev–Trinajstić information content (AvgIpc) is 3.31. The van der Waals surface area contributed by atoms with Gasteiger partial charge in [-0.25, -0.2) is 4.39 Å². The molecule has 1 saturated heterocycles. The molecule has 1 fully saturated rings. The van der Waals surface area contributed by atoms with Gasteiger partial charge in [-0.3, -0.25) is 9.59 Å². The first kappa shape index (κ1) is 18.2. The predicted molar refractivity (Wildman–Crippen MR) is 105 cm³/mol. The number of halogens is 1. The van der Waals surface area contributed by atoms with E-state index in [1.807, 2.05) is 30.3 Å². The van der Waals surface area contributed by atoms with E-state index in [2.05, 4.69) is 15.5 Å². The fraction of sp³-hybridized carbons (Fsp3) is 0.200.